The quantitative estimate of drug-likeness (QED) is 0.802. The molecule has 17 heavy (non-hydrogen) atoms. The highest BCUT2D eigenvalue weighted by Crippen LogP contribution is 2.14. The zero-order valence-electron chi connectivity index (χ0n) is 9.33. The number of benzene rings is 1. The maximum atomic E-state index is 13.2. The molecule has 0 heterocycles. The van der Waals surface area contributed by atoms with E-state index in [1.54, 1.807) is 0 Å². The molecule has 3 nitrogen and oxygen atoms in total. The van der Waals surface area contributed by atoms with Crippen molar-refractivity contribution in [2.24, 2.45) is 11.7 Å². The number of aliphatic carboxylic acids is 1. The number of rotatable bonds is 6. The minimum absolute atomic E-state index is 0.0707. The Bertz CT molecular complexity index is 396. The second-order valence-corrected chi connectivity index (χ2v) is 3.90. The molecule has 0 aliphatic carbocycles. The molecule has 0 unspecified atom stereocenters. The summed E-state index contributed by atoms with van der Waals surface area (Å²) in [5, 5.41) is 8.76. The summed E-state index contributed by atoms with van der Waals surface area (Å²) >= 11 is 0. The summed E-state index contributed by atoms with van der Waals surface area (Å²) in [6.45, 7) is 0.0707. The maximum absolute atomic E-state index is 13.2. The van der Waals surface area contributed by atoms with Crippen molar-refractivity contribution in [1.29, 1.82) is 0 Å². The van der Waals surface area contributed by atoms with Crippen molar-refractivity contribution in [3.8, 4) is 0 Å². The first-order chi connectivity index (χ1) is 8.04. The summed E-state index contributed by atoms with van der Waals surface area (Å²) in [4.78, 5) is 10.7. The van der Waals surface area contributed by atoms with Crippen LogP contribution in [0.25, 0.3) is 0 Å². The standard InChI is InChI=1S/C12H15F2NO2/c13-10-5-4-8(11(14)6-10)2-1-3-9(7-15)12(16)17/h4-6,9H,1-3,7,15H2,(H,16,17)/t9-/m0/s1. The number of aryl methyl sites for hydroxylation is 1. The number of hydrogen-bond donors (Lipinski definition) is 2. The molecule has 1 aromatic carbocycles. The molecule has 0 spiro atoms. The molecule has 0 saturated carbocycles. The van der Waals surface area contributed by atoms with Gasteiger partial charge in [-0.2, -0.15) is 0 Å². The third kappa shape index (κ3) is 4.11. The van der Waals surface area contributed by atoms with E-state index in [0.717, 1.165) is 6.07 Å². The van der Waals surface area contributed by atoms with E-state index in [9.17, 15) is 13.6 Å². The van der Waals surface area contributed by atoms with Gasteiger partial charge in [0.2, 0.25) is 0 Å². The van der Waals surface area contributed by atoms with Crippen LogP contribution in [0.5, 0.6) is 0 Å². The van der Waals surface area contributed by atoms with Crippen molar-refractivity contribution in [3.05, 3.63) is 35.4 Å². The van der Waals surface area contributed by atoms with E-state index in [2.05, 4.69) is 0 Å². The van der Waals surface area contributed by atoms with E-state index in [4.69, 9.17) is 10.8 Å². The second-order valence-electron chi connectivity index (χ2n) is 3.90. The lowest BCUT2D eigenvalue weighted by atomic mass is 9.99. The minimum Gasteiger partial charge on any atom is -0.481 e. The molecule has 0 bridgehead atoms. The molecule has 5 heteroatoms. The van der Waals surface area contributed by atoms with Gasteiger partial charge in [0.1, 0.15) is 11.6 Å². The Morgan fingerprint density at radius 2 is 2.12 bits per heavy atom. The minimum atomic E-state index is -0.938. The molecular weight excluding hydrogens is 228 g/mol. The first kappa shape index (κ1) is 13.6. The summed E-state index contributed by atoms with van der Waals surface area (Å²) in [6.07, 6.45) is 1.29. The molecule has 0 saturated heterocycles. The molecule has 94 valence electrons. The average Bonchev–Trinajstić information content (AvgIpc) is 2.26. The predicted molar refractivity (Wildman–Crippen MR) is 59.5 cm³/mol. The number of carboxylic acids is 1. The Morgan fingerprint density at radius 3 is 2.65 bits per heavy atom. The molecule has 0 radical (unpaired) electrons. The molecule has 3 N–H and O–H groups in total. The van der Waals surface area contributed by atoms with Crippen molar-refractivity contribution in [2.45, 2.75) is 19.3 Å². The summed E-state index contributed by atoms with van der Waals surface area (Å²) in [7, 11) is 0. The maximum Gasteiger partial charge on any atom is 0.307 e. The predicted octanol–water partition coefficient (Wildman–Crippen LogP) is 1.95. The van der Waals surface area contributed by atoms with E-state index < -0.39 is 23.5 Å². The molecular formula is C12H15F2NO2. The first-order valence-electron chi connectivity index (χ1n) is 5.41. The molecule has 1 rings (SSSR count). The fourth-order valence-corrected chi connectivity index (χ4v) is 1.61. The molecule has 0 fully saturated rings. The lowest BCUT2D eigenvalue weighted by molar-refractivity contribution is -0.141. The van der Waals surface area contributed by atoms with Gasteiger partial charge >= 0.3 is 5.97 Å². The van der Waals surface area contributed by atoms with Crippen LogP contribution in [0, 0.1) is 17.6 Å². The van der Waals surface area contributed by atoms with Crippen molar-refractivity contribution >= 4 is 5.97 Å². The Labute approximate surface area is 98.2 Å². The van der Waals surface area contributed by atoms with Gasteiger partial charge in [-0.1, -0.05) is 6.07 Å². The topological polar surface area (TPSA) is 63.3 Å². The fourth-order valence-electron chi connectivity index (χ4n) is 1.61. The summed E-state index contributed by atoms with van der Waals surface area (Å²) in [5.74, 6) is -2.74. The summed E-state index contributed by atoms with van der Waals surface area (Å²) in [6, 6.07) is 3.39. The van der Waals surface area contributed by atoms with Crippen LogP contribution in [0.1, 0.15) is 18.4 Å². The van der Waals surface area contributed by atoms with Gasteiger partial charge in [0.15, 0.2) is 0 Å². The molecule has 0 aromatic heterocycles. The molecule has 0 aliphatic heterocycles. The zero-order valence-corrected chi connectivity index (χ0v) is 9.33. The van der Waals surface area contributed by atoms with Crippen LogP contribution in [0.3, 0.4) is 0 Å². The highest BCUT2D eigenvalue weighted by Gasteiger charge is 2.15. The van der Waals surface area contributed by atoms with Gasteiger partial charge in [-0.15, -0.1) is 0 Å². The average molecular weight is 243 g/mol. The molecule has 1 aromatic rings. The third-order valence-electron chi connectivity index (χ3n) is 2.65. The Morgan fingerprint density at radius 1 is 1.41 bits per heavy atom. The van der Waals surface area contributed by atoms with Crippen molar-refractivity contribution in [3.63, 3.8) is 0 Å². The SMILES string of the molecule is NC[C@H](CCCc1ccc(F)cc1F)C(=O)O. The summed E-state index contributed by atoms with van der Waals surface area (Å²) in [5.41, 5.74) is 5.69. The van der Waals surface area contributed by atoms with Crippen LogP contribution in [-0.2, 0) is 11.2 Å². The Hall–Kier alpha value is -1.49. The van der Waals surface area contributed by atoms with Crippen LogP contribution in [0.4, 0.5) is 8.78 Å². The van der Waals surface area contributed by atoms with E-state index >= 15 is 0 Å². The van der Waals surface area contributed by atoms with Gasteiger partial charge in [0.05, 0.1) is 5.92 Å². The zero-order chi connectivity index (χ0) is 12.8. The van der Waals surface area contributed by atoms with Gasteiger partial charge in [0, 0.05) is 12.6 Å². The van der Waals surface area contributed by atoms with E-state index in [-0.39, 0.29) is 6.54 Å². The normalized spacial score (nSPS) is 12.4. The number of nitrogens with two attached hydrogens (primary N) is 1. The number of hydrogen-bond acceptors (Lipinski definition) is 2. The van der Waals surface area contributed by atoms with Crippen molar-refractivity contribution < 1.29 is 18.7 Å². The lowest BCUT2D eigenvalue weighted by Gasteiger charge is -2.09. The highest BCUT2D eigenvalue weighted by molar-refractivity contribution is 5.70. The smallest absolute Gasteiger partial charge is 0.307 e. The van der Waals surface area contributed by atoms with Crippen LogP contribution >= 0.6 is 0 Å². The second kappa shape index (κ2) is 6.30. The Balaban J connectivity index is 2.48. The van der Waals surface area contributed by atoms with Gasteiger partial charge < -0.3 is 10.8 Å². The molecule has 0 amide bonds. The van der Waals surface area contributed by atoms with Crippen LogP contribution in [0.15, 0.2) is 18.2 Å². The summed E-state index contributed by atoms with van der Waals surface area (Å²) < 4.78 is 25.9. The van der Waals surface area contributed by atoms with Gasteiger partial charge in [-0.3, -0.25) is 4.79 Å². The molecule has 1 atom stereocenters. The highest BCUT2D eigenvalue weighted by atomic mass is 19.1. The monoisotopic (exact) mass is 243 g/mol. The van der Waals surface area contributed by atoms with E-state index in [0.29, 0.717) is 24.8 Å². The van der Waals surface area contributed by atoms with E-state index in [1.807, 2.05) is 0 Å². The lowest BCUT2D eigenvalue weighted by Crippen LogP contribution is -2.23. The van der Waals surface area contributed by atoms with Crippen molar-refractivity contribution in [2.75, 3.05) is 6.54 Å². The van der Waals surface area contributed by atoms with E-state index in [1.165, 1.54) is 12.1 Å². The van der Waals surface area contributed by atoms with Crippen LogP contribution in [-0.4, -0.2) is 17.6 Å². The van der Waals surface area contributed by atoms with Crippen LogP contribution < -0.4 is 5.73 Å². The first-order valence-corrected chi connectivity index (χ1v) is 5.41. The van der Waals surface area contributed by atoms with Gasteiger partial charge in [0.25, 0.3) is 0 Å². The third-order valence-corrected chi connectivity index (χ3v) is 2.65. The van der Waals surface area contributed by atoms with Gasteiger partial charge in [-0.25, -0.2) is 8.78 Å². The number of carbonyl (C=O) groups is 1. The molecule has 0 aliphatic rings. The fraction of sp³-hybridized carbons (Fsp3) is 0.417. The number of carboxylic acid groups (broad SMARTS) is 1. The Kier molecular flexibility index (Phi) is 5.03. The van der Waals surface area contributed by atoms with Crippen LogP contribution in [0.2, 0.25) is 0 Å². The number of halogens is 2. The van der Waals surface area contributed by atoms with Crippen molar-refractivity contribution in [1.82, 2.24) is 0 Å². The van der Waals surface area contributed by atoms with Gasteiger partial charge in [-0.05, 0) is 30.9 Å². The largest absolute Gasteiger partial charge is 0.481 e.